The fourth-order valence-electron chi connectivity index (χ4n) is 1.61. The summed E-state index contributed by atoms with van der Waals surface area (Å²) in [7, 11) is 0. The molecule has 1 aromatic rings. The largest absolute Gasteiger partial charge is 0.478 e. The number of nitrogens with one attached hydrogen (secondary N) is 2. The van der Waals surface area contributed by atoms with E-state index in [-0.39, 0.29) is 6.17 Å². The molecule has 0 aliphatic carbocycles. The lowest BCUT2D eigenvalue weighted by molar-refractivity contribution is 0.0694. The van der Waals surface area contributed by atoms with Crippen LogP contribution in [0.3, 0.4) is 0 Å². The van der Waals surface area contributed by atoms with Crippen LogP contribution < -0.4 is 10.6 Å². The Morgan fingerprint density at radius 1 is 1.40 bits per heavy atom. The van der Waals surface area contributed by atoms with Gasteiger partial charge in [-0.1, -0.05) is 24.3 Å². The summed E-state index contributed by atoms with van der Waals surface area (Å²) in [4.78, 5) is 11.0. The summed E-state index contributed by atoms with van der Waals surface area (Å²) < 4.78 is 0. The summed E-state index contributed by atoms with van der Waals surface area (Å²) in [6.07, 6.45) is 3.65. The van der Waals surface area contributed by atoms with Crippen molar-refractivity contribution >= 4 is 5.97 Å². The first-order valence-corrected chi connectivity index (χ1v) is 4.75. The second kappa shape index (κ2) is 4.14. The molecule has 4 heteroatoms. The van der Waals surface area contributed by atoms with Gasteiger partial charge < -0.3 is 10.4 Å². The van der Waals surface area contributed by atoms with Crippen LogP contribution in [0.15, 0.2) is 36.5 Å². The van der Waals surface area contributed by atoms with Gasteiger partial charge >= 0.3 is 5.97 Å². The van der Waals surface area contributed by atoms with Crippen molar-refractivity contribution in [3.05, 3.63) is 47.7 Å². The van der Waals surface area contributed by atoms with Crippen LogP contribution in [0.25, 0.3) is 0 Å². The van der Waals surface area contributed by atoms with Crippen molar-refractivity contribution in [2.24, 2.45) is 0 Å². The zero-order valence-corrected chi connectivity index (χ0v) is 8.10. The topological polar surface area (TPSA) is 61.4 Å². The van der Waals surface area contributed by atoms with Crippen molar-refractivity contribution in [3.8, 4) is 0 Å². The molecule has 1 unspecified atom stereocenters. The van der Waals surface area contributed by atoms with E-state index >= 15 is 0 Å². The Labute approximate surface area is 87.6 Å². The first-order valence-electron chi connectivity index (χ1n) is 4.75. The molecule has 15 heavy (non-hydrogen) atoms. The van der Waals surface area contributed by atoms with Gasteiger partial charge in [0.05, 0.1) is 5.56 Å². The van der Waals surface area contributed by atoms with Crippen LogP contribution in [0.2, 0.25) is 0 Å². The number of carbonyl (C=O) groups is 1. The second-order valence-corrected chi connectivity index (χ2v) is 3.30. The summed E-state index contributed by atoms with van der Waals surface area (Å²) >= 11 is 0. The molecule has 1 atom stereocenters. The van der Waals surface area contributed by atoms with Crippen molar-refractivity contribution in [2.75, 3.05) is 6.54 Å². The molecule has 0 spiro atoms. The van der Waals surface area contributed by atoms with E-state index in [4.69, 9.17) is 5.11 Å². The average Bonchev–Trinajstić information content (AvgIpc) is 2.30. The molecule has 1 aromatic carbocycles. The molecule has 0 bridgehead atoms. The van der Waals surface area contributed by atoms with Gasteiger partial charge in [-0.3, -0.25) is 5.32 Å². The Bertz CT molecular complexity index is 401. The third-order valence-corrected chi connectivity index (χ3v) is 2.32. The summed E-state index contributed by atoms with van der Waals surface area (Å²) in [5.74, 6) is -0.899. The molecule has 0 saturated carbocycles. The third-order valence-electron chi connectivity index (χ3n) is 2.32. The number of carboxylic acid groups (broad SMARTS) is 1. The fraction of sp³-hybridized carbons (Fsp3) is 0.182. The normalized spacial score (nSPS) is 19.6. The highest BCUT2D eigenvalue weighted by Gasteiger charge is 2.17. The molecule has 4 nitrogen and oxygen atoms in total. The number of rotatable bonds is 2. The monoisotopic (exact) mass is 204 g/mol. The minimum Gasteiger partial charge on any atom is -0.478 e. The first kappa shape index (κ1) is 9.73. The molecule has 1 aliphatic heterocycles. The van der Waals surface area contributed by atoms with Gasteiger partial charge in [-0.25, -0.2) is 4.79 Å². The molecule has 0 radical (unpaired) electrons. The highest BCUT2D eigenvalue weighted by Crippen LogP contribution is 2.17. The van der Waals surface area contributed by atoms with Gasteiger partial charge in [0.25, 0.3) is 0 Å². The standard InChI is InChI=1S/C11H12N2O2/c14-11(15)9-5-2-1-4-8(9)10-12-6-3-7-13-10/h1-6,10,12-13H,7H2,(H,14,15). The van der Waals surface area contributed by atoms with Crippen LogP contribution in [0.1, 0.15) is 22.1 Å². The van der Waals surface area contributed by atoms with E-state index in [0.717, 1.165) is 12.1 Å². The van der Waals surface area contributed by atoms with Gasteiger partial charge in [0.1, 0.15) is 6.17 Å². The third kappa shape index (κ3) is 1.99. The van der Waals surface area contributed by atoms with Crippen LogP contribution >= 0.6 is 0 Å². The lowest BCUT2D eigenvalue weighted by Crippen LogP contribution is -2.35. The Kier molecular flexibility index (Phi) is 2.69. The molecule has 1 aliphatic rings. The number of hydrogen-bond donors (Lipinski definition) is 3. The van der Waals surface area contributed by atoms with Crippen LogP contribution in [-0.2, 0) is 0 Å². The minimum absolute atomic E-state index is 0.123. The molecule has 0 fully saturated rings. The smallest absolute Gasteiger partial charge is 0.336 e. The molecule has 0 aromatic heterocycles. The Balaban J connectivity index is 2.34. The maximum Gasteiger partial charge on any atom is 0.336 e. The number of benzene rings is 1. The fourth-order valence-corrected chi connectivity index (χ4v) is 1.61. The molecule has 0 amide bonds. The summed E-state index contributed by atoms with van der Waals surface area (Å²) in [6, 6.07) is 6.99. The van der Waals surface area contributed by atoms with Crippen LogP contribution in [0, 0.1) is 0 Å². The van der Waals surface area contributed by atoms with E-state index in [2.05, 4.69) is 10.6 Å². The van der Waals surface area contributed by atoms with Gasteiger partial charge in [-0.2, -0.15) is 0 Å². The van der Waals surface area contributed by atoms with Crippen molar-refractivity contribution in [3.63, 3.8) is 0 Å². The van der Waals surface area contributed by atoms with Crippen molar-refractivity contribution in [1.29, 1.82) is 0 Å². The second-order valence-electron chi connectivity index (χ2n) is 3.30. The van der Waals surface area contributed by atoms with Crippen molar-refractivity contribution in [1.82, 2.24) is 10.6 Å². The highest BCUT2D eigenvalue weighted by molar-refractivity contribution is 5.89. The first-order chi connectivity index (χ1) is 7.29. The molecular formula is C11H12N2O2. The molecule has 0 saturated heterocycles. The highest BCUT2D eigenvalue weighted by atomic mass is 16.4. The maximum atomic E-state index is 11.0. The van der Waals surface area contributed by atoms with Gasteiger partial charge in [0.15, 0.2) is 0 Å². The van der Waals surface area contributed by atoms with Gasteiger partial charge in [-0.05, 0) is 12.3 Å². The van der Waals surface area contributed by atoms with E-state index < -0.39 is 5.97 Å². The SMILES string of the molecule is O=C(O)c1ccccc1C1NC=CCN1. The van der Waals surface area contributed by atoms with E-state index in [1.165, 1.54) is 0 Å². The minimum atomic E-state index is -0.899. The van der Waals surface area contributed by atoms with Gasteiger partial charge in [-0.15, -0.1) is 0 Å². The Morgan fingerprint density at radius 3 is 2.87 bits per heavy atom. The zero-order valence-electron chi connectivity index (χ0n) is 8.10. The van der Waals surface area contributed by atoms with Crippen molar-refractivity contribution in [2.45, 2.75) is 6.17 Å². The lowest BCUT2D eigenvalue weighted by atomic mass is 10.0. The van der Waals surface area contributed by atoms with Crippen molar-refractivity contribution < 1.29 is 9.90 Å². The number of aromatic carboxylic acids is 1. The molecule has 2 rings (SSSR count). The molecular weight excluding hydrogens is 192 g/mol. The predicted octanol–water partition coefficient (Wildman–Crippen LogP) is 1.09. The Morgan fingerprint density at radius 2 is 2.20 bits per heavy atom. The molecule has 3 N–H and O–H groups in total. The number of carboxylic acids is 1. The van der Waals surface area contributed by atoms with Gasteiger partial charge in [0.2, 0.25) is 0 Å². The van der Waals surface area contributed by atoms with Crippen LogP contribution in [-0.4, -0.2) is 17.6 Å². The van der Waals surface area contributed by atoms with E-state index in [0.29, 0.717) is 5.56 Å². The Hall–Kier alpha value is -1.81. The van der Waals surface area contributed by atoms with E-state index in [1.54, 1.807) is 12.1 Å². The average molecular weight is 204 g/mol. The van der Waals surface area contributed by atoms with E-state index in [9.17, 15) is 4.79 Å². The zero-order chi connectivity index (χ0) is 10.7. The van der Waals surface area contributed by atoms with Crippen LogP contribution in [0.4, 0.5) is 0 Å². The summed E-state index contributed by atoms with van der Waals surface area (Å²) in [5.41, 5.74) is 1.09. The molecule has 1 heterocycles. The van der Waals surface area contributed by atoms with Crippen LogP contribution in [0.5, 0.6) is 0 Å². The van der Waals surface area contributed by atoms with Gasteiger partial charge in [0, 0.05) is 12.1 Å². The lowest BCUT2D eigenvalue weighted by Gasteiger charge is -2.23. The quantitative estimate of drug-likeness (QED) is 0.675. The number of hydrogen-bond acceptors (Lipinski definition) is 3. The summed E-state index contributed by atoms with van der Waals surface area (Å²) in [6.45, 7) is 0.742. The molecule has 78 valence electrons. The maximum absolute atomic E-state index is 11.0. The predicted molar refractivity (Wildman–Crippen MR) is 56.4 cm³/mol. The van der Waals surface area contributed by atoms with E-state index in [1.807, 2.05) is 24.4 Å². The summed E-state index contributed by atoms with van der Waals surface area (Å²) in [5, 5.41) is 15.3.